The topological polar surface area (TPSA) is 331 Å². The third-order valence-electron chi connectivity index (χ3n) is 9.05. The molecule has 0 amide bonds. The maximum Gasteiger partial charge on any atom is 0.132 e. The van der Waals surface area contributed by atoms with Crippen molar-refractivity contribution in [3.8, 4) is 34.5 Å². The number of aliphatic hydroxyl groups excluding tert-OH is 8. The van der Waals surface area contributed by atoms with Crippen molar-refractivity contribution >= 4 is 12.4 Å². The predicted molar refractivity (Wildman–Crippen MR) is 161 cm³/mol. The standard InChI is InChI=1S/2C14H20N2O7.ClH/c2*17-4-1-5(18)9(11-13(22)7(20)3-16-11)14(23)8(4)10-12(21)6(19)2-15-10;/h2*1,6-7,10-13,15-23H,2-3H2;1H/t2*6-,7-,10-,11-,12+,13+;/m11./s1. The molecule has 0 aliphatic carbocycles. The van der Waals surface area contributed by atoms with E-state index in [0.717, 1.165) is 12.1 Å². The van der Waals surface area contributed by atoms with Crippen molar-refractivity contribution in [1.82, 2.24) is 21.3 Å². The lowest BCUT2D eigenvalue weighted by Crippen LogP contribution is -2.28. The molecule has 47 heavy (non-hydrogen) atoms. The molecule has 19 heteroatoms. The quantitative estimate of drug-likeness (QED) is 0.143. The summed E-state index contributed by atoms with van der Waals surface area (Å²) in [6.07, 6.45) is -9.26. The average Bonchev–Trinajstić information content (AvgIpc) is 3.71. The van der Waals surface area contributed by atoms with Gasteiger partial charge in [-0.2, -0.15) is 0 Å². The first-order chi connectivity index (χ1) is 21.6. The fourth-order valence-corrected chi connectivity index (χ4v) is 6.51. The second-order valence-electron chi connectivity index (χ2n) is 12.0. The summed E-state index contributed by atoms with van der Waals surface area (Å²) < 4.78 is 0. The van der Waals surface area contributed by atoms with E-state index in [9.17, 15) is 71.5 Å². The van der Waals surface area contributed by atoms with Crippen molar-refractivity contribution in [3.05, 3.63) is 34.4 Å². The number of phenols is 6. The number of halogens is 1. The van der Waals surface area contributed by atoms with Crippen molar-refractivity contribution in [1.29, 1.82) is 0 Å². The van der Waals surface area contributed by atoms with E-state index < -0.39 is 107 Å². The lowest BCUT2D eigenvalue weighted by molar-refractivity contribution is 0.0381. The van der Waals surface area contributed by atoms with E-state index in [2.05, 4.69) is 21.3 Å². The number of hydrogen-bond acceptors (Lipinski definition) is 18. The fourth-order valence-electron chi connectivity index (χ4n) is 6.51. The monoisotopic (exact) mass is 692 g/mol. The van der Waals surface area contributed by atoms with Gasteiger partial charge in [-0.3, -0.25) is 0 Å². The van der Waals surface area contributed by atoms with Crippen LogP contribution in [0.2, 0.25) is 0 Å². The third kappa shape index (κ3) is 6.57. The molecule has 264 valence electrons. The molecule has 4 saturated heterocycles. The summed E-state index contributed by atoms with van der Waals surface area (Å²) in [5.74, 6) is -2.85. The van der Waals surface area contributed by atoms with Crippen LogP contribution in [0.3, 0.4) is 0 Å². The molecule has 12 atom stereocenters. The number of phenolic OH excluding ortho intramolecular Hbond substituents is 6. The molecule has 18 N–H and O–H groups in total. The minimum absolute atomic E-state index is 0. The predicted octanol–water partition coefficient (Wildman–Crippen LogP) is -4.51. The van der Waals surface area contributed by atoms with Crippen LogP contribution < -0.4 is 21.3 Å². The lowest BCUT2D eigenvalue weighted by Gasteiger charge is -2.24. The van der Waals surface area contributed by atoms with Crippen molar-refractivity contribution in [2.24, 2.45) is 0 Å². The molecule has 0 aromatic heterocycles. The van der Waals surface area contributed by atoms with Gasteiger partial charge in [-0.15, -0.1) is 12.4 Å². The summed E-state index contributed by atoms with van der Waals surface area (Å²) in [6.45, 7) is 0.293. The summed E-state index contributed by atoms with van der Waals surface area (Å²) in [5, 5.41) is 151. The van der Waals surface area contributed by atoms with Crippen LogP contribution in [0.5, 0.6) is 34.5 Å². The number of β-amino-alcohol motifs (C(OH)–C–C–N with tert-alkyl or cyclic N) is 4. The Bertz CT molecular complexity index is 1240. The smallest absolute Gasteiger partial charge is 0.132 e. The SMILES string of the molecule is Cl.Oc1cc(O)c([C@H]2NC[C@@H](O)[C@@H]2O)c(O)c1[C@H]1NC[C@@H](O)[C@@H]1O.Oc1cc(O)c([C@H]2NC[C@@H](O)[C@@H]2O)c(O)c1[C@H]1NC[C@@H](O)[C@@H]1O. The minimum Gasteiger partial charge on any atom is -0.507 e. The van der Waals surface area contributed by atoms with Gasteiger partial charge in [0.1, 0.15) is 58.9 Å². The summed E-state index contributed by atoms with van der Waals surface area (Å²) in [5.41, 5.74) is -0.344. The number of rotatable bonds is 4. The highest BCUT2D eigenvalue weighted by Gasteiger charge is 2.44. The maximum absolute atomic E-state index is 10.5. The average molecular weight is 693 g/mol. The summed E-state index contributed by atoms with van der Waals surface area (Å²) in [4.78, 5) is 0. The molecule has 0 radical (unpaired) electrons. The molecular weight excluding hydrogens is 652 g/mol. The first-order valence-electron chi connectivity index (χ1n) is 14.6. The van der Waals surface area contributed by atoms with Crippen LogP contribution in [-0.2, 0) is 0 Å². The van der Waals surface area contributed by atoms with Gasteiger partial charge in [0.15, 0.2) is 0 Å². The number of aromatic hydroxyl groups is 6. The largest absolute Gasteiger partial charge is 0.507 e. The van der Waals surface area contributed by atoms with Gasteiger partial charge in [0, 0.05) is 38.3 Å². The van der Waals surface area contributed by atoms with Crippen LogP contribution in [-0.4, -0.2) is 147 Å². The molecule has 0 spiro atoms. The van der Waals surface area contributed by atoms with Crippen LogP contribution in [0.1, 0.15) is 46.4 Å². The Morgan fingerprint density at radius 3 is 0.723 bits per heavy atom. The molecule has 4 heterocycles. The molecule has 4 fully saturated rings. The third-order valence-corrected chi connectivity index (χ3v) is 9.05. The number of hydrogen-bond donors (Lipinski definition) is 18. The van der Waals surface area contributed by atoms with Gasteiger partial charge in [-0.05, 0) is 0 Å². The number of benzene rings is 2. The van der Waals surface area contributed by atoms with E-state index in [1.54, 1.807) is 0 Å². The first-order valence-corrected chi connectivity index (χ1v) is 14.6. The van der Waals surface area contributed by atoms with E-state index in [-0.39, 0.29) is 60.8 Å². The van der Waals surface area contributed by atoms with Gasteiger partial charge >= 0.3 is 0 Å². The van der Waals surface area contributed by atoms with Gasteiger partial charge in [0.25, 0.3) is 0 Å². The van der Waals surface area contributed by atoms with Gasteiger partial charge in [-0.25, -0.2) is 0 Å². The Morgan fingerprint density at radius 1 is 0.383 bits per heavy atom. The number of nitrogens with one attached hydrogen (secondary N) is 4. The van der Waals surface area contributed by atoms with Crippen LogP contribution in [0.15, 0.2) is 12.1 Å². The Hall–Kier alpha value is -2.95. The Morgan fingerprint density at radius 2 is 0.574 bits per heavy atom. The Labute approximate surface area is 273 Å². The van der Waals surface area contributed by atoms with E-state index in [1.165, 1.54) is 0 Å². The number of aliphatic hydroxyl groups is 8. The highest BCUT2D eigenvalue weighted by Crippen LogP contribution is 2.48. The molecular formula is C28H41ClN4O14. The van der Waals surface area contributed by atoms with Gasteiger partial charge in [-0.1, -0.05) is 0 Å². The zero-order chi connectivity index (χ0) is 33.8. The normalized spacial score (nSPS) is 36.6. The van der Waals surface area contributed by atoms with Gasteiger partial charge in [0.2, 0.25) is 0 Å². The maximum atomic E-state index is 10.5. The molecule has 0 bridgehead atoms. The van der Waals surface area contributed by atoms with Gasteiger partial charge < -0.3 is 92.8 Å². The molecule has 4 aliphatic heterocycles. The molecule has 18 nitrogen and oxygen atoms in total. The van der Waals surface area contributed by atoms with E-state index in [4.69, 9.17) is 0 Å². The van der Waals surface area contributed by atoms with E-state index >= 15 is 0 Å². The Kier molecular flexibility index (Phi) is 11.2. The zero-order valence-corrected chi connectivity index (χ0v) is 25.4. The highest BCUT2D eigenvalue weighted by molar-refractivity contribution is 5.85. The van der Waals surface area contributed by atoms with E-state index in [0.29, 0.717) is 0 Å². The van der Waals surface area contributed by atoms with Crippen molar-refractivity contribution < 1.29 is 71.5 Å². The van der Waals surface area contributed by atoms with E-state index in [1.807, 2.05) is 0 Å². The molecule has 2 aromatic rings. The summed E-state index contributed by atoms with van der Waals surface area (Å²) >= 11 is 0. The minimum atomic E-state index is -1.25. The lowest BCUT2D eigenvalue weighted by atomic mass is 9.92. The molecule has 2 aromatic carbocycles. The zero-order valence-electron chi connectivity index (χ0n) is 24.6. The molecule has 6 rings (SSSR count). The first kappa shape index (κ1) is 36.9. The second kappa shape index (κ2) is 14.3. The molecule has 0 unspecified atom stereocenters. The fraction of sp³-hybridized carbons (Fsp3) is 0.571. The van der Waals surface area contributed by atoms with Crippen LogP contribution >= 0.6 is 12.4 Å². The summed E-state index contributed by atoms with van der Waals surface area (Å²) in [6, 6.07) is -1.77. The molecule has 4 aliphatic rings. The van der Waals surface area contributed by atoms with Crippen LogP contribution in [0.25, 0.3) is 0 Å². The van der Waals surface area contributed by atoms with Crippen LogP contribution in [0, 0.1) is 0 Å². The summed E-state index contributed by atoms with van der Waals surface area (Å²) in [7, 11) is 0. The Balaban J connectivity index is 0.000000208. The molecule has 0 saturated carbocycles. The second-order valence-corrected chi connectivity index (χ2v) is 12.0. The van der Waals surface area contributed by atoms with Gasteiger partial charge in [0.05, 0.1) is 70.8 Å². The van der Waals surface area contributed by atoms with Crippen molar-refractivity contribution in [3.63, 3.8) is 0 Å². The van der Waals surface area contributed by atoms with Crippen LogP contribution in [0.4, 0.5) is 0 Å². The highest BCUT2D eigenvalue weighted by atomic mass is 35.5. The van der Waals surface area contributed by atoms with Crippen molar-refractivity contribution in [2.75, 3.05) is 26.2 Å². The van der Waals surface area contributed by atoms with Crippen molar-refractivity contribution in [2.45, 2.75) is 73.0 Å².